The first-order valence-corrected chi connectivity index (χ1v) is 18.7. The molecule has 0 fully saturated rings. The minimum Gasteiger partial charge on any atom is -0.307 e. The summed E-state index contributed by atoms with van der Waals surface area (Å²) >= 11 is 0. The van der Waals surface area contributed by atoms with Crippen molar-refractivity contribution in [2.24, 2.45) is 0 Å². The normalized spacial score (nSPS) is 15.7. The van der Waals surface area contributed by atoms with Crippen molar-refractivity contribution in [1.82, 2.24) is 34.5 Å². The molecule has 1 aliphatic heterocycles. The van der Waals surface area contributed by atoms with Crippen LogP contribution in [-0.4, -0.2) is 40.5 Å². The van der Waals surface area contributed by atoms with Crippen LogP contribution in [0.1, 0.15) is 11.5 Å². The van der Waals surface area contributed by atoms with Crippen LogP contribution in [0.25, 0.3) is 73.3 Å². The molecule has 0 N–H and O–H groups in total. The Hall–Kier alpha value is -7.58. The number of hydrogen-bond donors (Lipinski definition) is 0. The molecule has 8 nitrogen and oxygen atoms in total. The molecule has 0 saturated heterocycles. The quantitative estimate of drug-likeness (QED) is 0.169. The second-order valence-electron chi connectivity index (χ2n) is 13.9. The number of aromatic nitrogens is 7. The van der Waals surface area contributed by atoms with Crippen LogP contribution in [0, 0.1) is 0 Å². The fourth-order valence-corrected chi connectivity index (χ4v) is 8.13. The van der Waals surface area contributed by atoms with Gasteiger partial charge in [-0.2, -0.15) is 9.97 Å². The van der Waals surface area contributed by atoms with Crippen LogP contribution < -0.4 is 4.90 Å². The zero-order chi connectivity index (χ0) is 37.0. The molecule has 56 heavy (non-hydrogen) atoms. The summed E-state index contributed by atoms with van der Waals surface area (Å²) in [5.74, 6) is 2.94. The Labute approximate surface area is 322 Å². The average molecular weight is 721 g/mol. The van der Waals surface area contributed by atoms with E-state index in [9.17, 15) is 0 Å². The van der Waals surface area contributed by atoms with E-state index in [4.69, 9.17) is 29.9 Å². The van der Waals surface area contributed by atoms with Crippen LogP contribution >= 0.6 is 0 Å². The van der Waals surface area contributed by atoms with Gasteiger partial charge in [-0.3, -0.25) is 0 Å². The number of hydrogen-bond acceptors (Lipinski definition) is 7. The topological polar surface area (TPSA) is 85.5 Å². The maximum atomic E-state index is 5.32. The van der Waals surface area contributed by atoms with Crippen LogP contribution in [0.3, 0.4) is 0 Å². The lowest BCUT2D eigenvalue weighted by atomic mass is 9.91. The number of para-hydroxylation sites is 2. The Morgan fingerprint density at radius 3 is 1.55 bits per heavy atom. The molecule has 3 aromatic heterocycles. The Balaban J connectivity index is 1.20. The predicted octanol–water partition coefficient (Wildman–Crippen LogP) is 10.6. The van der Waals surface area contributed by atoms with Gasteiger partial charge in [0, 0.05) is 39.1 Å². The monoisotopic (exact) mass is 720 g/mol. The molecule has 1 aliphatic carbocycles. The fourth-order valence-electron chi connectivity index (χ4n) is 8.13. The average Bonchev–Trinajstić information content (AvgIpc) is 3.80. The van der Waals surface area contributed by atoms with Crippen LogP contribution in [0.2, 0.25) is 0 Å². The van der Waals surface area contributed by atoms with Crippen molar-refractivity contribution < 1.29 is 0 Å². The highest BCUT2D eigenvalue weighted by Crippen LogP contribution is 2.52. The Morgan fingerprint density at radius 1 is 0.411 bits per heavy atom. The van der Waals surface area contributed by atoms with Gasteiger partial charge in [-0.05, 0) is 23.8 Å². The molecule has 2 atom stereocenters. The highest BCUT2D eigenvalue weighted by Gasteiger charge is 2.41. The van der Waals surface area contributed by atoms with E-state index in [0.29, 0.717) is 35.1 Å². The number of nitrogens with zero attached hydrogens (tertiary/aromatic N) is 8. The number of fused-ring (bicyclic) bond motifs is 7. The molecule has 9 aromatic rings. The van der Waals surface area contributed by atoms with E-state index in [-0.39, 0.29) is 12.0 Å². The van der Waals surface area contributed by atoms with Gasteiger partial charge >= 0.3 is 0 Å². The van der Waals surface area contributed by atoms with Crippen LogP contribution in [0.5, 0.6) is 0 Å². The third kappa shape index (κ3) is 5.22. The smallest absolute Gasteiger partial charge is 0.234 e. The van der Waals surface area contributed by atoms with Gasteiger partial charge in [0.15, 0.2) is 17.5 Å². The van der Waals surface area contributed by atoms with E-state index >= 15 is 0 Å². The zero-order valence-corrected chi connectivity index (χ0v) is 30.1. The van der Waals surface area contributed by atoms with Crippen molar-refractivity contribution in [3.63, 3.8) is 0 Å². The van der Waals surface area contributed by atoms with Crippen LogP contribution in [0.15, 0.2) is 182 Å². The van der Waals surface area contributed by atoms with Gasteiger partial charge in [-0.25, -0.2) is 19.9 Å². The van der Waals surface area contributed by atoms with Crippen molar-refractivity contribution in [1.29, 1.82) is 0 Å². The molecular formula is C48H32N8. The van der Waals surface area contributed by atoms with Crippen molar-refractivity contribution in [3.8, 4) is 51.5 Å². The van der Waals surface area contributed by atoms with Gasteiger partial charge in [-0.15, -0.1) is 0 Å². The van der Waals surface area contributed by atoms with E-state index in [1.165, 1.54) is 10.9 Å². The zero-order valence-electron chi connectivity index (χ0n) is 30.1. The lowest BCUT2D eigenvalue weighted by Crippen LogP contribution is -2.30. The van der Waals surface area contributed by atoms with Crippen LogP contribution in [0.4, 0.5) is 11.6 Å². The SMILES string of the molecule is C1=CC2c3ccc4c5ccccc5n(-c5ccccc5)c4c3N(c3nc(-c4ccccc4)nc(-c4nc(-c5ccccc5)nc(-c5ccccc5)n4)n3)C2C=C1. The van der Waals surface area contributed by atoms with Crippen molar-refractivity contribution in [2.75, 3.05) is 4.90 Å². The Morgan fingerprint density at radius 2 is 0.911 bits per heavy atom. The maximum Gasteiger partial charge on any atom is 0.234 e. The van der Waals surface area contributed by atoms with Gasteiger partial charge in [0.25, 0.3) is 0 Å². The summed E-state index contributed by atoms with van der Waals surface area (Å²) in [7, 11) is 0. The molecule has 6 aromatic carbocycles. The molecule has 0 spiro atoms. The van der Waals surface area contributed by atoms with E-state index < -0.39 is 0 Å². The van der Waals surface area contributed by atoms with Crippen molar-refractivity contribution in [3.05, 3.63) is 188 Å². The summed E-state index contributed by atoms with van der Waals surface area (Å²) in [5, 5.41) is 2.35. The first-order chi connectivity index (χ1) is 27.8. The predicted molar refractivity (Wildman–Crippen MR) is 223 cm³/mol. The number of allylic oxidation sites excluding steroid dienone is 2. The summed E-state index contributed by atoms with van der Waals surface area (Å²) in [4.78, 5) is 33.0. The Kier molecular flexibility index (Phi) is 7.45. The van der Waals surface area contributed by atoms with E-state index in [1.807, 2.05) is 91.0 Å². The summed E-state index contributed by atoms with van der Waals surface area (Å²) < 4.78 is 2.38. The third-order valence-corrected chi connectivity index (χ3v) is 10.6. The molecule has 0 bridgehead atoms. The highest BCUT2D eigenvalue weighted by atomic mass is 15.3. The minimum absolute atomic E-state index is 0.0774. The maximum absolute atomic E-state index is 5.32. The first-order valence-electron chi connectivity index (χ1n) is 18.7. The molecule has 8 heteroatoms. The Bertz CT molecular complexity index is 2920. The molecule has 0 saturated carbocycles. The summed E-state index contributed by atoms with van der Waals surface area (Å²) in [6, 6.07) is 53.6. The third-order valence-electron chi connectivity index (χ3n) is 10.6. The largest absolute Gasteiger partial charge is 0.307 e. The van der Waals surface area contributed by atoms with E-state index in [0.717, 1.165) is 44.5 Å². The molecule has 2 unspecified atom stereocenters. The van der Waals surface area contributed by atoms with Crippen molar-refractivity contribution in [2.45, 2.75) is 12.0 Å². The van der Waals surface area contributed by atoms with Gasteiger partial charge < -0.3 is 9.47 Å². The minimum atomic E-state index is -0.0835. The van der Waals surface area contributed by atoms with Gasteiger partial charge in [0.2, 0.25) is 17.6 Å². The van der Waals surface area contributed by atoms with Gasteiger partial charge in [0.1, 0.15) is 0 Å². The highest BCUT2D eigenvalue weighted by molar-refractivity contribution is 6.15. The molecule has 11 rings (SSSR count). The molecule has 264 valence electrons. The van der Waals surface area contributed by atoms with Crippen LogP contribution in [-0.2, 0) is 0 Å². The first kappa shape index (κ1) is 31.9. The summed E-state index contributed by atoms with van der Waals surface area (Å²) in [6.45, 7) is 0. The molecular weight excluding hydrogens is 689 g/mol. The molecule has 0 amide bonds. The number of rotatable bonds is 6. The summed E-state index contributed by atoms with van der Waals surface area (Å²) in [6.07, 6.45) is 8.80. The van der Waals surface area contributed by atoms with Crippen molar-refractivity contribution >= 4 is 33.4 Å². The standard InChI is InChI=1S/C48H32N8/c1-5-17-31(18-6-1)43-49-44(32-19-7-2-8-20-32)51-46(50-43)47-52-45(33-21-9-3-10-22-33)53-48(54-47)56-40-28-16-14-26-36(40)38-30-29-37-35-25-13-15-27-39(35)55(41(37)42(38)56)34-23-11-4-12-24-34/h1-30,36,40H. The molecule has 4 heterocycles. The second kappa shape index (κ2) is 13.1. The lowest BCUT2D eigenvalue weighted by molar-refractivity contribution is 0.728. The molecule has 2 aliphatic rings. The summed E-state index contributed by atoms with van der Waals surface area (Å²) in [5.41, 5.74) is 8.21. The molecule has 0 radical (unpaired) electrons. The lowest BCUT2D eigenvalue weighted by Gasteiger charge is -2.27. The fraction of sp³-hybridized carbons (Fsp3) is 0.0417. The van der Waals surface area contributed by atoms with E-state index in [1.54, 1.807) is 0 Å². The van der Waals surface area contributed by atoms with E-state index in [2.05, 4.69) is 101 Å². The number of anilines is 2. The number of benzene rings is 6. The van der Waals surface area contributed by atoms with Gasteiger partial charge in [-0.1, -0.05) is 164 Å². The second-order valence-corrected chi connectivity index (χ2v) is 13.9. The van der Waals surface area contributed by atoms with Gasteiger partial charge in [0.05, 0.1) is 22.8 Å².